The van der Waals surface area contributed by atoms with E-state index < -0.39 is 15.8 Å². The largest absolute Gasteiger partial charge is 0.455 e. The summed E-state index contributed by atoms with van der Waals surface area (Å²) in [4.78, 5) is 15.9. The molecule has 0 saturated carbocycles. The second-order valence-corrected chi connectivity index (χ2v) is 9.47. The summed E-state index contributed by atoms with van der Waals surface area (Å²) >= 11 is 7.21. The zero-order chi connectivity index (χ0) is 17.9. The molecule has 1 aliphatic heterocycles. The maximum atomic E-state index is 11.8. The lowest BCUT2D eigenvalue weighted by Gasteiger charge is -2.06. The summed E-state index contributed by atoms with van der Waals surface area (Å²) in [5.74, 6) is 0.494. The van der Waals surface area contributed by atoms with Gasteiger partial charge in [0.25, 0.3) is 5.89 Å². The van der Waals surface area contributed by atoms with Crippen molar-refractivity contribution in [1.29, 1.82) is 0 Å². The van der Waals surface area contributed by atoms with E-state index in [1.54, 1.807) is 24.3 Å². The number of hydrogen-bond acceptors (Lipinski definition) is 8. The Bertz CT molecular complexity index is 868. The average molecular weight is 403 g/mol. The molecule has 134 valence electrons. The highest BCUT2D eigenvalue weighted by Gasteiger charge is 2.28. The molecule has 2 aromatic rings. The monoisotopic (exact) mass is 402 g/mol. The highest BCUT2D eigenvalue weighted by atomic mass is 35.5. The first-order valence-electron chi connectivity index (χ1n) is 7.47. The Balaban J connectivity index is 1.46. The van der Waals surface area contributed by atoms with Crippen molar-refractivity contribution in [3.8, 4) is 11.4 Å². The van der Waals surface area contributed by atoms with Crippen LogP contribution in [0.1, 0.15) is 12.3 Å². The summed E-state index contributed by atoms with van der Waals surface area (Å²) in [5, 5.41) is 4.33. The molecule has 1 aliphatic rings. The molecule has 0 radical (unpaired) electrons. The van der Waals surface area contributed by atoms with E-state index in [0.717, 1.165) is 0 Å². The molecule has 0 N–H and O–H groups in total. The van der Waals surface area contributed by atoms with Crippen molar-refractivity contribution in [2.45, 2.75) is 18.3 Å². The molecule has 3 rings (SSSR count). The lowest BCUT2D eigenvalue weighted by Crippen LogP contribution is -2.12. The number of benzene rings is 1. The summed E-state index contributed by atoms with van der Waals surface area (Å²) in [5.41, 5.74) is 0.701. The van der Waals surface area contributed by atoms with Crippen LogP contribution < -0.4 is 0 Å². The van der Waals surface area contributed by atoms with Gasteiger partial charge in [0.1, 0.15) is 0 Å². The molecule has 0 bridgehead atoms. The number of rotatable bonds is 6. The average Bonchev–Trinajstić information content (AvgIpc) is 3.17. The Morgan fingerprint density at radius 3 is 3.00 bits per heavy atom. The third kappa shape index (κ3) is 5.20. The van der Waals surface area contributed by atoms with Gasteiger partial charge in [0, 0.05) is 15.8 Å². The Morgan fingerprint density at radius 2 is 2.28 bits per heavy atom. The normalized spacial score (nSPS) is 19.0. The fourth-order valence-corrected chi connectivity index (χ4v) is 5.95. The summed E-state index contributed by atoms with van der Waals surface area (Å²) in [6.07, 6.45) is 0.576. The van der Waals surface area contributed by atoms with Gasteiger partial charge in [-0.15, -0.1) is 11.8 Å². The van der Waals surface area contributed by atoms with Gasteiger partial charge in [0.2, 0.25) is 5.82 Å². The highest BCUT2D eigenvalue weighted by molar-refractivity contribution is 8.02. The number of thioether (sulfide) groups is 1. The number of ether oxygens (including phenoxy) is 1. The first-order chi connectivity index (χ1) is 11.9. The van der Waals surface area contributed by atoms with Crippen LogP contribution in [-0.2, 0) is 26.0 Å². The summed E-state index contributed by atoms with van der Waals surface area (Å²) in [6, 6.07) is 7.00. The Labute approximate surface area is 154 Å². The van der Waals surface area contributed by atoms with Crippen molar-refractivity contribution >= 4 is 39.2 Å². The summed E-state index contributed by atoms with van der Waals surface area (Å²) < 4.78 is 32.9. The van der Waals surface area contributed by atoms with E-state index in [-0.39, 0.29) is 35.0 Å². The quantitative estimate of drug-likeness (QED) is 0.679. The fourth-order valence-electron chi connectivity index (χ4n) is 2.32. The van der Waals surface area contributed by atoms with Crippen LogP contribution in [0.2, 0.25) is 5.02 Å². The molecular formula is C15H15ClN2O5S2. The van der Waals surface area contributed by atoms with Gasteiger partial charge in [-0.2, -0.15) is 4.98 Å². The van der Waals surface area contributed by atoms with Gasteiger partial charge in [0.15, 0.2) is 16.4 Å². The van der Waals surface area contributed by atoms with E-state index in [2.05, 4.69) is 10.1 Å². The minimum Gasteiger partial charge on any atom is -0.455 e. The number of halogens is 1. The van der Waals surface area contributed by atoms with Gasteiger partial charge in [-0.3, -0.25) is 4.79 Å². The zero-order valence-corrected chi connectivity index (χ0v) is 15.4. The first kappa shape index (κ1) is 18.2. The Hall–Kier alpha value is -1.58. The number of nitrogens with zero attached hydrogens (tertiary/aromatic N) is 2. The molecule has 1 atom stereocenters. The molecule has 1 saturated heterocycles. The van der Waals surface area contributed by atoms with Gasteiger partial charge in [-0.1, -0.05) is 28.9 Å². The lowest BCUT2D eigenvalue weighted by atomic mass is 10.2. The molecule has 7 nitrogen and oxygen atoms in total. The number of carbonyl (C=O) groups is 1. The molecule has 1 aromatic carbocycles. The Morgan fingerprint density at radius 1 is 1.44 bits per heavy atom. The van der Waals surface area contributed by atoms with Crippen LogP contribution in [-0.4, -0.2) is 47.0 Å². The molecule has 25 heavy (non-hydrogen) atoms. The van der Waals surface area contributed by atoms with E-state index in [1.807, 2.05) is 0 Å². The fraction of sp³-hybridized carbons (Fsp3) is 0.400. The van der Waals surface area contributed by atoms with Crippen molar-refractivity contribution < 1.29 is 22.5 Å². The third-order valence-electron chi connectivity index (χ3n) is 3.54. The summed E-state index contributed by atoms with van der Waals surface area (Å²) in [6.45, 7) is -0.129. The lowest BCUT2D eigenvalue weighted by molar-refractivity contribution is -0.142. The minimum absolute atomic E-state index is 0.0459. The molecule has 1 fully saturated rings. The third-order valence-corrected chi connectivity index (χ3v) is 7.03. The molecule has 0 spiro atoms. The van der Waals surface area contributed by atoms with Crippen LogP contribution in [0.4, 0.5) is 0 Å². The Kier molecular flexibility index (Phi) is 5.65. The van der Waals surface area contributed by atoms with Crippen molar-refractivity contribution in [3.05, 3.63) is 35.2 Å². The maximum Gasteiger partial charge on any atom is 0.316 e. The molecule has 0 aliphatic carbocycles. The van der Waals surface area contributed by atoms with Crippen molar-refractivity contribution in [2.75, 3.05) is 17.3 Å². The van der Waals surface area contributed by atoms with Crippen LogP contribution in [0.3, 0.4) is 0 Å². The van der Waals surface area contributed by atoms with Gasteiger partial charge < -0.3 is 9.26 Å². The second kappa shape index (κ2) is 7.76. The zero-order valence-electron chi connectivity index (χ0n) is 13.1. The first-order valence-corrected chi connectivity index (χ1v) is 10.7. The standard InChI is InChI=1S/C15H15ClN2O5S2/c16-11-3-1-2-10(6-11)15-17-13(23-18-15)7-22-14(19)8-24-12-4-5-25(20,21)9-12/h1-3,6,12H,4-5,7-9H2/t12-/m0/s1. The number of esters is 1. The predicted octanol–water partition coefficient (Wildman–Crippen LogP) is 2.35. The van der Waals surface area contributed by atoms with Crippen LogP contribution in [0, 0.1) is 0 Å². The predicted molar refractivity (Wildman–Crippen MR) is 94.1 cm³/mol. The van der Waals surface area contributed by atoms with Gasteiger partial charge >= 0.3 is 5.97 Å². The van der Waals surface area contributed by atoms with Crippen LogP contribution in [0.5, 0.6) is 0 Å². The van der Waals surface area contributed by atoms with E-state index in [9.17, 15) is 13.2 Å². The van der Waals surface area contributed by atoms with Crippen LogP contribution >= 0.6 is 23.4 Å². The molecule has 1 aromatic heterocycles. The van der Waals surface area contributed by atoms with E-state index in [0.29, 0.717) is 22.8 Å². The van der Waals surface area contributed by atoms with E-state index >= 15 is 0 Å². The van der Waals surface area contributed by atoms with Crippen LogP contribution in [0.15, 0.2) is 28.8 Å². The number of hydrogen-bond donors (Lipinski definition) is 0. The SMILES string of the molecule is O=C(CS[C@H]1CCS(=O)(=O)C1)OCc1nc(-c2cccc(Cl)c2)no1. The summed E-state index contributed by atoms with van der Waals surface area (Å²) in [7, 11) is -2.94. The maximum absolute atomic E-state index is 11.8. The van der Waals surface area contributed by atoms with Crippen molar-refractivity contribution in [1.82, 2.24) is 10.1 Å². The molecule has 10 heteroatoms. The van der Waals surface area contributed by atoms with Crippen molar-refractivity contribution in [3.63, 3.8) is 0 Å². The number of carbonyl (C=O) groups excluding carboxylic acids is 1. The number of sulfone groups is 1. The molecule has 0 unspecified atom stereocenters. The van der Waals surface area contributed by atoms with Crippen molar-refractivity contribution in [2.24, 2.45) is 0 Å². The highest BCUT2D eigenvalue weighted by Crippen LogP contribution is 2.24. The minimum atomic E-state index is -2.94. The topological polar surface area (TPSA) is 99.4 Å². The molecular weight excluding hydrogens is 388 g/mol. The van der Waals surface area contributed by atoms with E-state index in [4.69, 9.17) is 20.9 Å². The van der Waals surface area contributed by atoms with E-state index in [1.165, 1.54) is 11.8 Å². The van der Waals surface area contributed by atoms with Gasteiger partial charge in [-0.25, -0.2) is 8.42 Å². The van der Waals surface area contributed by atoms with Crippen LogP contribution in [0.25, 0.3) is 11.4 Å². The second-order valence-electron chi connectivity index (χ2n) is 5.52. The molecule has 2 heterocycles. The van der Waals surface area contributed by atoms with Gasteiger partial charge in [0.05, 0.1) is 17.3 Å². The van der Waals surface area contributed by atoms with Gasteiger partial charge in [-0.05, 0) is 18.6 Å². The number of aromatic nitrogens is 2. The molecule has 0 amide bonds. The smallest absolute Gasteiger partial charge is 0.316 e.